The van der Waals surface area contributed by atoms with E-state index in [1.807, 2.05) is 30.3 Å². The molecule has 0 fully saturated rings. The third-order valence-corrected chi connectivity index (χ3v) is 4.58. The van der Waals surface area contributed by atoms with Gasteiger partial charge in [0.1, 0.15) is 5.82 Å². The van der Waals surface area contributed by atoms with Gasteiger partial charge in [0.05, 0.1) is 0 Å². The highest BCUT2D eigenvalue weighted by atomic mass is 19.1. The Bertz CT molecular complexity index is 1230. The molecule has 1 amide bonds. The van der Waals surface area contributed by atoms with Crippen LogP contribution in [0.25, 0.3) is 11.2 Å². The van der Waals surface area contributed by atoms with Crippen LogP contribution < -0.4 is 10.7 Å². The second-order valence-electron chi connectivity index (χ2n) is 6.74. The summed E-state index contributed by atoms with van der Waals surface area (Å²) in [5.41, 5.74) is 2.23. The molecular weight excluding hydrogens is 373 g/mol. The number of nitrogens with zero attached hydrogens (tertiary/aromatic N) is 2. The number of carbonyl (C=O) groups excluding carboxylic acids is 1. The summed E-state index contributed by atoms with van der Waals surface area (Å²) < 4.78 is 20.3. The summed E-state index contributed by atoms with van der Waals surface area (Å²) in [5, 5.41) is 2.73. The zero-order valence-electron chi connectivity index (χ0n) is 15.7. The molecule has 146 valence electrons. The molecule has 0 unspecified atom stereocenters. The Kier molecular flexibility index (Phi) is 4.95. The van der Waals surface area contributed by atoms with Crippen LogP contribution in [-0.2, 0) is 20.0 Å². The fraction of sp³-hybridized carbons (Fsp3) is 0.136. The minimum atomic E-state index is -0.496. The number of aromatic nitrogens is 2. The van der Waals surface area contributed by atoms with Gasteiger partial charge in [0, 0.05) is 31.8 Å². The van der Waals surface area contributed by atoms with Gasteiger partial charge in [0.15, 0.2) is 5.52 Å². The van der Waals surface area contributed by atoms with Crippen molar-refractivity contribution in [1.82, 2.24) is 14.9 Å². The lowest BCUT2D eigenvalue weighted by Gasteiger charge is -2.04. The topological polar surface area (TPSA) is 77.1 Å². The van der Waals surface area contributed by atoms with Gasteiger partial charge in [-0.15, -0.1) is 0 Å². The zero-order chi connectivity index (χ0) is 20.4. The second kappa shape index (κ2) is 7.71. The van der Waals surface area contributed by atoms with Crippen molar-refractivity contribution in [3.8, 4) is 0 Å². The first-order valence-electron chi connectivity index (χ1n) is 9.07. The number of oxazole rings is 1. The molecule has 0 spiro atoms. The molecule has 0 aliphatic heterocycles. The second-order valence-corrected chi connectivity index (χ2v) is 6.74. The summed E-state index contributed by atoms with van der Waals surface area (Å²) in [5.74, 6) is -0.994. The molecule has 0 aliphatic carbocycles. The lowest BCUT2D eigenvalue weighted by Crippen LogP contribution is -2.23. The third kappa shape index (κ3) is 3.94. The smallest absolute Gasteiger partial charge is 0.307 e. The van der Waals surface area contributed by atoms with Crippen LogP contribution in [0.3, 0.4) is 0 Å². The van der Waals surface area contributed by atoms with Gasteiger partial charge in [-0.2, -0.15) is 4.98 Å². The Morgan fingerprint density at radius 3 is 2.55 bits per heavy atom. The van der Waals surface area contributed by atoms with Crippen molar-refractivity contribution in [1.29, 1.82) is 0 Å². The number of pyridine rings is 1. The number of hydrogen-bond acceptors (Lipinski definition) is 4. The maximum absolute atomic E-state index is 13.1. The maximum Gasteiger partial charge on any atom is 0.307 e. The fourth-order valence-electron chi connectivity index (χ4n) is 3.10. The van der Waals surface area contributed by atoms with Crippen LogP contribution in [-0.4, -0.2) is 15.5 Å². The predicted molar refractivity (Wildman–Crippen MR) is 106 cm³/mol. The molecule has 4 aromatic rings. The fourth-order valence-corrected chi connectivity index (χ4v) is 3.10. The SMILES string of the molecule is Cn1cc(Cc2ccc(F)cc2)c(=O)c2nc(C(=O)NCc3ccccc3)oc21. The Balaban J connectivity index is 1.60. The van der Waals surface area contributed by atoms with Crippen LogP contribution in [0.1, 0.15) is 27.4 Å². The van der Waals surface area contributed by atoms with E-state index >= 15 is 0 Å². The first-order valence-corrected chi connectivity index (χ1v) is 9.07. The normalized spacial score (nSPS) is 11.0. The summed E-state index contributed by atoms with van der Waals surface area (Å²) in [6.07, 6.45) is 1.97. The molecule has 1 N–H and O–H groups in total. The van der Waals surface area contributed by atoms with Crippen LogP contribution in [0.15, 0.2) is 70.0 Å². The number of amides is 1. The third-order valence-electron chi connectivity index (χ3n) is 4.58. The largest absolute Gasteiger partial charge is 0.415 e. The Morgan fingerprint density at radius 1 is 1.10 bits per heavy atom. The molecule has 0 aliphatic rings. The summed E-state index contributed by atoms with van der Waals surface area (Å²) in [4.78, 5) is 29.4. The summed E-state index contributed by atoms with van der Waals surface area (Å²) in [6.45, 7) is 0.324. The maximum atomic E-state index is 13.1. The van der Waals surface area contributed by atoms with E-state index in [1.54, 1.807) is 29.9 Å². The Labute approximate surface area is 165 Å². The van der Waals surface area contributed by atoms with Crippen LogP contribution in [0.5, 0.6) is 0 Å². The number of nitrogens with one attached hydrogen (secondary N) is 1. The molecule has 0 saturated heterocycles. The number of rotatable bonds is 5. The number of carbonyl (C=O) groups is 1. The Morgan fingerprint density at radius 2 is 1.83 bits per heavy atom. The van der Waals surface area contributed by atoms with Crippen molar-refractivity contribution in [3.63, 3.8) is 0 Å². The molecule has 4 rings (SSSR count). The van der Waals surface area contributed by atoms with Gasteiger partial charge in [0.2, 0.25) is 11.1 Å². The minimum absolute atomic E-state index is 0.0944. The monoisotopic (exact) mass is 391 g/mol. The quantitative estimate of drug-likeness (QED) is 0.567. The number of benzene rings is 2. The van der Waals surface area contributed by atoms with Gasteiger partial charge in [0.25, 0.3) is 5.89 Å². The van der Waals surface area contributed by atoms with Crippen LogP contribution in [0, 0.1) is 5.82 Å². The van der Waals surface area contributed by atoms with Crippen LogP contribution in [0.2, 0.25) is 0 Å². The van der Waals surface area contributed by atoms with Crippen molar-refractivity contribution in [2.45, 2.75) is 13.0 Å². The van der Waals surface area contributed by atoms with Crippen molar-refractivity contribution >= 4 is 17.1 Å². The average molecular weight is 391 g/mol. The molecule has 2 aromatic heterocycles. The number of hydrogen-bond donors (Lipinski definition) is 1. The first-order chi connectivity index (χ1) is 14.0. The number of aryl methyl sites for hydroxylation is 1. The molecule has 0 bridgehead atoms. The molecule has 6 nitrogen and oxygen atoms in total. The van der Waals surface area contributed by atoms with E-state index in [0.29, 0.717) is 18.5 Å². The molecule has 7 heteroatoms. The van der Waals surface area contributed by atoms with Gasteiger partial charge < -0.3 is 14.3 Å². The summed E-state index contributed by atoms with van der Waals surface area (Å²) in [7, 11) is 1.72. The summed E-state index contributed by atoms with van der Waals surface area (Å²) in [6, 6.07) is 15.4. The zero-order valence-corrected chi connectivity index (χ0v) is 15.7. The molecular formula is C22H18FN3O3. The summed E-state index contributed by atoms with van der Waals surface area (Å²) >= 11 is 0. The first kappa shape index (κ1) is 18.6. The standard InChI is InChI=1S/C22H18FN3O3/c1-26-13-16(11-14-7-9-17(23)10-8-14)19(27)18-22(26)29-21(25-18)20(28)24-12-15-5-3-2-4-6-15/h2-10,13H,11-12H2,1H3,(H,24,28). The van der Waals surface area contributed by atoms with Crippen molar-refractivity contribution in [2.75, 3.05) is 0 Å². The predicted octanol–water partition coefficient (Wildman–Crippen LogP) is 3.19. The van der Waals surface area contributed by atoms with Gasteiger partial charge in [-0.05, 0) is 23.3 Å². The van der Waals surface area contributed by atoms with Crippen LogP contribution >= 0.6 is 0 Å². The van der Waals surface area contributed by atoms with Crippen molar-refractivity contribution in [2.24, 2.45) is 7.05 Å². The number of fused-ring (bicyclic) bond motifs is 1. The van der Waals surface area contributed by atoms with Gasteiger partial charge in [-0.25, -0.2) is 4.39 Å². The lowest BCUT2D eigenvalue weighted by molar-refractivity contribution is 0.0918. The highest BCUT2D eigenvalue weighted by molar-refractivity contribution is 5.91. The van der Waals surface area contributed by atoms with Crippen molar-refractivity contribution in [3.05, 3.63) is 99.4 Å². The highest BCUT2D eigenvalue weighted by Crippen LogP contribution is 2.15. The number of halogens is 1. The Hall–Kier alpha value is -3.74. The van der Waals surface area contributed by atoms with Gasteiger partial charge in [-0.3, -0.25) is 9.59 Å². The molecule has 0 saturated carbocycles. The highest BCUT2D eigenvalue weighted by Gasteiger charge is 2.19. The molecule has 2 heterocycles. The molecule has 0 radical (unpaired) electrons. The van der Waals surface area contributed by atoms with Gasteiger partial charge in [-0.1, -0.05) is 42.5 Å². The molecule has 2 aromatic carbocycles. The van der Waals surface area contributed by atoms with E-state index in [9.17, 15) is 14.0 Å². The van der Waals surface area contributed by atoms with Gasteiger partial charge >= 0.3 is 5.91 Å². The van der Waals surface area contributed by atoms with Crippen molar-refractivity contribution < 1.29 is 13.6 Å². The van der Waals surface area contributed by atoms with E-state index in [1.165, 1.54) is 12.1 Å². The van der Waals surface area contributed by atoms with Crippen LogP contribution in [0.4, 0.5) is 4.39 Å². The lowest BCUT2D eigenvalue weighted by atomic mass is 10.1. The molecule has 0 atom stereocenters. The average Bonchev–Trinajstić information content (AvgIpc) is 3.19. The van der Waals surface area contributed by atoms with E-state index in [4.69, 9.17) is 4.42 Å². The van der Waals surface area contributed by atoms with E-state index < -0.39 is 5.91 Å². The van der Waals surface area contributed by atoms with E-state index in [0.717, 1.165) is 11.1 Å². The van der Waals surface area contributed by atoms with E-state index in [-0.39, 0.29) is 28.4 Å². The minimum Gasteiger partial charge on any atom is -0.415 e. The molecule has 29 heavy (non-hydrogen) atoms. The van der Waals surface area contributed by atoms with E-state index in [2.05, 4.69) is 10.3 Å².